The monoisotopic (exact) mass is 389 g/mol. The van der Waals surface area contributed by atoms with E-state index in [1.807, 2.05) is 0 Å². The molecule has 2 aromatic carbocycles. The van der Waals surface area contributed by atoms with Crippen LogP contribution >= 0.6 is 0 Å². The van der Waals surface area contributed by atoms with Crippen molar-refractivity contribution >= 4 is 10.0 Å². The molecule has 2 rings (SSSR count). The minimum atomic E-state index is -4.50. The zero-order valence-electron chi connectivity index (χ0n) is 14.3. The van der Waals surface area contributed by atoms with Crippen molar-refractivity contribution in [2.24, 2.45) is 0 Å². The lowest BCUT2D eigenvalue weighted by Crippen LogP contribution is -2.27. The summed E-state index contributed by atoms with van der Waals surface area (Å²) in [4.78, 5) is -0.0889. The highest BCUT2D eigenvalue weighted by Gasteiger charge is 2.31. The van der Waals surface area contributed by atoms with E-state index in [2.05, 4.69) is 4.72 Å². The molecule has 1 atom stereocenters. The predicted octanol–water partition coefficient (Wildman–Crippen LogP) is 3.76. The van der Waals surface area contributed by atoms with Crippen molar-refractivity contribution in [2.75, 3.05) is 14.2 Å². The Kier molecular flexibility index (Phi) is 5.82. The van der Waals surface area contributed by atoms with Gasteiger partial charge in [-0.05, 0) is 36.8 Å². The van der Waals surface area contributed by atoms with Crippen molar-refractivity contribution in [2.45, 2.75) is 24.0 Å². The molecule has 5 nitrogen and oxygen atoms in total. The molecule has 142 valence electrons. The Bertz CT molecular complexity index is 882. The maximum atomic E-state index is 12.8. The summed E-state index contributed by atoms with van der Waals surface area (Å²) in [6.45, 7) is 1.47. The molecule has 0 fully saturated rings. The van der Waals surface area contributed by atoms with Gasteiger partial charge in [-0.15, -0.1) is 0 Å². The lowest BCUT2D eigenvalue weighted by Gasteiger charge is -2.17. The third kappa shape index (κ3) is 4.47. The van der Waals surface area contributed by atoms with Crippen LogP contribution in [0.15, 0.2) is 47.4 Å². The van der Waals surface area contributed by atoms with Crippen LogP contribution in [0.5, 0.6) is 11.5 Å². The van der Waals surface area contributed by atoms with Crippen molar-refractivity contribution in [3.8, 4) is 11.5 Å². The predicted molar refractivity (Wildman–Crippen MR) is 89.7 cm³/mol. The topological polar surface area (TPSA) is 64.6 Å². The van der Waals surface area contributed by atoms with Gasteiger partial charge in [0.05, 0.1) is 24.7 Å². The van der Waals surface area contributed by atoms with Gasteiger partial charge in [0.25, 0.3) is 0 Å². The van der Waals surface area contributed by atoms with Gasteiger partial charge >= 0.3 is 6.18 Å². The maximum absolute atomic E-state index is 12.8. The minimum absolute atomic E-state index is 0.0889. The van der Waals surface area contributed by atoms with Gasteiger partial charge in [-0.1, -0.05) is 12.1 Å². The van der Waals surface area contributed by atoms with Crippen molar-refractivity contribution in [3.63, 3.8) is 0 Å². The van der Waals surface area contributed by atoms with Gasteiger partial charge in [-0.25, -0.2) is 13.1 Å². The number of hydrogen-bond donors (Lipinski definition) is 1. The molecule has 2 aromatic rings. The number of methoxy groups -OCH3 is 2. The molecule has 0 saturated carbocycles. The van der Waals surface area contributed by atoms with Crippen molar-refractivity contribution in [3.05, 3.63) is 53.6 Å². The van der Waals surface area contributed by atoms with Crippen LogP contribution in [0.4, 0.5) is 13.2 Å². The van der Waals surface area contributed by atoms with E-state index in [1.54, 1.807) is 0 Å². The Morgan fingerprint density at radius 2 is 1.65 bits per heavy atom. The van der Waals surface area contributed by atoms with E-state index in [-0.39, 0.29) is 16.2 Å². The summed E-state index contributed by atoms with van der Waals surface area (Å²) in [5, 5.41) is 0. The van der Waals surface area contributed by atoms with Crippen LogP contribution < -0.4 is 14.2 Å². The summed E-state index contributed by atoms with van der Waals surface area (Å²) in [6, 6.07) is 7.68. The highest BCUT2D eigenvalue weighted by atomic mass is 32.2. The number of nitrogens with one attached hydrogen (secondary N) is 1. The highest BCUT2D eigenvalue weighted by Crippen LogP contribution is 2.32. The second kappa shape index (κ2) is 7.55. The van der Waals surface area contributed by atoms with E-state index < -0.39 is 27.8 Å². The van der Waals surface area contributed by atoms with E-state index >= 15 is 0 Å². The van der Waals surface area contributed by atoms with Gasteiger partial charge in [0.2, 0.25) is 10.0 Å². The molecule has 0 aliphatic heterocycles. The Morgan fingerprint density at radius 1 is 1.00 bits per heavy atom. The molecule has 1 N–H and O–H groups in total. The maximum Gasteiger partial charge on any atom is 0.416 e. The second-order valence-electron chi connectivity index (χ2n) is 5.48. The summed E-state index contributed by atoms with van der Waals surface area (Å²) >= 11 is 0. The molecule has 0 aromatic heterocycles. The summed E-state index contributed by atoms with van der Waals surface area (Å²) < 4.78 is 76.0. The first kappa shape index (κ1) is 20.1. The van der Waals surface area contributed by atoms with E-state index in [0.717, 1.165) is 12.1 Å². The van der Waals surface area contributed by atoms with Crippen LogP contribution in [0.1, 0.15) is 24.1 Å². The van der Waals surface area contributed by atoms with Crippen molar-refractivity contribution in [1.29, 1.82) is 0 Å². The standard InChI is InChI=1S/C17H18F3NO4S/c1-11(12-5-4-6-13(9-12)17(18,19)20)21-26(22,23)14-7-8-15(24-2)16(10-14)25-3/h4-11,21H,1-3H3/t11-/m0/s1. The minimum Gasteiger partial charge on any atom is -0.493 e. The molecular weight excluding hydrogens is 371 g/mol. The summed E-state index contributed by atoms with van der Waals surface area (Å²) in [7, 11) is -1.20. The molecule has 0 heterocycles. The normalized spacial score (nSPS) is 13.3. The van der Waals surface area contributed by atoms with Gasteiger partial charge < -0.3 is 9.47 Å². The van der Waals surface area contributed by atoms with Crippen molar-refractivity contribution < 1.29 is 31.1 Å². The highest BCUT2D eigenvalue weighted by molar-refractivity contribution is 7.89. The fourth-order valence-electron chi connectivity index (χ4n) is 2.34. The van der Waals surface area contributed by atoms with Gasteiger partial charge in [0.15, 0.2) is 11.5 Å². The number of halogens is 3. The molecule has 0 spiro atoms. The van der Waals surface area contributed by atoms with Crippen molar-refractivity contribution in [1.82, 2.24) is 4.72 Å². The SMILES string of the molecule is COc1ccc(S(=O)(=O)N[C@@H](C)c2cccc(C(F)(F)F)c2)cc1OC. The lowest BCUT2D eigenvalue weighted by molar-refractivity contribution is -0.137. The van der Waals surface area contributed by atoms with E-state index in [9.17, 15) is 21.6 Å². The fraction of sp³-hybridized carbons (Fsp3) is 0.294. The van der Waals surface area contributed by atoms with Crippen LogP contribution in [-0.2, 0) is 16.2 Å². The van der Waals surface area contributed by atoms with Crippen LogP contribution in [0.3, 0.4) is 0 Å². The third-order valence-electron chi connectivity index (χ3n) is 3.71. The first-order valence-corrected chi connectivity index (χ1v) is 8.98. The number of alkyl halides is 3. The average molecular weight is 389 g/mol. The molecule has 0 aliphatic rings. The summed E-state index contributed by atoms with van der Waals surface area (Å²) in [6.07, 6.45) is -4.50. The molecule has 9 heteroatoms. The Balaban J connectivity index is 2.29. The third-order valence-corrected chi connectivity index (χ3v) is 5.25. The van der Waals surface area contributed by atoms with Gasteiger partial charge in [0, 0.05) is 12.1 Å². The molecule has 0 radical (unpaired) electrons. The molecule has 0 amide bonds. The van der Waals surface area contributed by atoms with Crippen LogP contribution in [0.25, 0.3) is 0 Å². The van der Waals surface area contributed by atoms with E-state index in [1.165, 1.54) is 51.5 Å². The zero-order valence-corrected chi connectivity index (χ0v) is 15.1. The second-order valence-corrected chi connectivity index (χ2v) is 7.20. The molecular formula is C17H18F3NO4S. The molecule has 0 aliphatic carbocycles. The molecule has 26 heavy (non-hydrogen) atoms. The van der Waals surface area contributed by atoms with Gasteiger partial charge in [0.1, 0.15) is 0 Å². The summed E-state index contributed by atoms with van der Waals surface area (Å²) in [5.41, 5.74) is -0.643. The molecule has 0 bridgehead atoms. The number of benzene rings is 2. The molecule has 0 unspecified atom stereocenters. The Labute approximate surface area is 149 Å². The first-order valence-electron chi connectivity index (χ1n) is 7.50. The van der Waals surface area contributed by atoms with Gasteiger partial charge in [-0.3, -0.25) is 0 Å². The fourth-order valence-corrected chi connectivity index (χ4v) is 3.58. The lowest BCUT2D eigenvalue weighted by atomic mass is 10.1. The number of rotatable bonds is 6. The Hall–Kier alpha value is -2.26. The van der Waals surface area contributed by atoms with E-state index in [0.29, 0.717) is 5.75 Å². The quantitative estimate of drug-likeness (QED) is 0.817. The smallest absolute Gasteiger partial charge is 0.416 e. The first-order chi connectivity index (χ1) is 12.1. The Morgan fingerprint density at radius 3 is 2.23 bits per heavy atom. The average Bonchev–Trinajstić information content (AvgIpc) is 2.60. The zero-order chi connectivity index (χ0) is 19.5. The number of hydrogen-bond acceptors (Lipinski definition) is 4. The molecule has 0 saturated heterocycles. The number of sulfonamides is 1. The summed E-state index contributed by atoms with van der Waals surface area (Å²) in [5.74, 6) is 0.583. The van der Waals surface area contributed by atoms with Crippen LogP contribution in [-0.4, -0.2) is 22.6 Å². The van der Waals surface area contributed by atoms with Crippen LogP contribution in [0.2, 0.25) is 0 Å². The van der Waals surface area contributed by atoms with Gasteiger partial charge in [-0.2, -0.15) is 13.2 Å². The van der Waals surface area contributed by atoms with E-state index in [4.69, 9.17) is 9.47 Å². The largest absolute Gasteiger partial charge is 0.493 e. The number of ether oxygens (including phenoxy) is 2. The van der Waals surface area contributed by atoms with Crippen LogP contribution in [0, 0.1) is 0 Å².